The third-order valence-corrected chi connectivity index (χ3v) is 7.08. The lowest BCUT2D eigenvalue weighted by Crippen LogP contribution is -2.42. The highest BCUT2D eigenvalue weighted by atomic mass is 32.2. The Morgan fingerprint density at radius 2 is 1.33 bits per heavy atom. The lowest BCUT2D eigenvalue weighted by molar-refractivity contribution is 0.123. The van der Waals surface area contributed by atoms with Gasteiger partial charge in [-0.3, -0.25) is 0 Å². The SMILES string of the molecule is CCCCCCCSCCC[Si](OC)(OC)OC. The van der Waals surface area contributed by atoms with Crippen LogP contribution in [0.5, 0.6) is 0 Å². The topological polar surface area (TPSA) is 27.7 Å². The number of unbranched alkanes of at least 4 members (excludes halogenated alkanes) is 4. The van der Waals surface area contributed by atoms with Gasteiger partial charge >= 0.3 is 8.80 Å². The molecule has 0 aromatic carbocycles. The predicted octanol–water partition coefficient (Wildman–Crippen LogP) is 3.96. The first-order valence-electron chi connectivity index (χ1n) is 6.98. The highest BCUT2D eigenvalue weighted by Crippen LogP contribution is 2.18. The molecule has 0 spiro atoms. The molecule has 0 unspecified atom stereocenters. The van der Waals surface area contributed by atoms with Gasteiger partial charge in [0.05, 0.1) is 0 Å². The summed E-state index contributed by atoms with van der Waals surface area (Å²) < 4.78 is 16.2. The van der Waals surface area contributed by atoms with Gasteiger partial charge in [-0.05, 0) is 24.3 Å². The maximum Gasteiger partial charge on any atom is 0.500 e. The maximum atomic E-state index is 5.39. The average molecular weight is 295 g/mol. The molecule has 18 heavy (non-hydrogen) atoms. The Morgan fingerprint density at radius 3 is 1.89 bits per heavy atom. The van der Waals surface area contributed by atoms with Crippen LogP contribution < -0.4 is 0 Å². The van der Waals surface area contributed by atoms with E-state index in [1.807, 2.05) is 11.8 Å². The molecule has 0 aliphatic heterocycles. The van der Waals surface area contributed by atoms with Crippen molar-refractivity contribution in [1.29, 1.82) is 0 Å². The van der Waals surface area contributed by atoms with Crippen molar-refractivity contribution in [3.05, 3.63) is 0 Å². The molecule has 0 aromatic heterocycles. The van der Waals surface area contributed by atoms with Crippen LogP contribution in [0.4, 0.5) is 0 Å². The molecule has 0 aliphatic rings. The monoisotopic (exact) mass is 294 g/mol. The Bertz CT molecular complexity index is 169. The van der Waals surface area contributed by atoms with Gasteiger partial charge in [0.15, 0.2) is 0 Å². The third kappa shape index (κ3) is 8.53. The fourth-order valence-electron chi connectivity index (χ4n) is 1.86. The second-order valence-corrected chi connectivity index (χ2v) is 8.74. The third-order valence-electron chi connectivity index (χ3n) is 3.10. The molecule has 0 saturated heterocycles. The second-order valence-electron chi connectivity index (χ2n) is 4.43. The maximum absolute atomic E-state index is 5.39. The number of thioether (sulfide) groups is 1. The van der Waals surface area contributed by atoms with Crippen molar-refractivity contribution in [2.75, 3.05) is 32.8 Å². The normalized spacial score (nSPS) is 12.0. The highest BCUT2D eigenvalue weighted by molar-refractivity contribution is 7.99. The van der Waals surface area contributed by atoms with Crippen molar-refractivity contribution >= 4 is 20.6 Å². The van der Waals surface area contributed by atoms with Crippen LogP contribution in [-0.2, 0) is 13.3 Å². The van der Waals surface area contributed by atoms with E-state index < -0.39 is 8.80 Å². The Labute approximate surface area is 118 Å². The van der Waals surface area contributed by atoms with Crippen LogP contribution in [0, 0.1) is 0 Å². The second kappa shape index (κ2) is 12.5. The molecule has 0 N–H and O–H groups in total. The standard InChI is InChI=1S/C13H30O3SSi/c1-5-6-7-8-9-11-17-12-10-13-18(14-2,15-3)16-4/h5-13H2,1-4H3. The van der Waals surface area contributed by atoms with Gasteiger partial charge in [0.2, 0.25) is 0 Å². The number of hydrogen-bond donors (Lipinski definition) is 0. The van der Waals surface area contributed by atoms with E-state index in [1.165, 1.54) is 43.6 Å². The van der Waals surface area contributed by atoms with Crippen LogP contribution >= 0.6 is 11.8 Å². The molecule has 3 nitrogen and oxygen atoms in total. The molecular formula is C13H30O3SSi. The summed E-state index contributed by atoms with van der Waals surface area (Å²) in [4.78, 5) is 0. The molecule has 0 rings (SSSR count). The Balaban J connectivity index is 3.38. The molecule has 0 fully saturated rings. The summed E-state index contributed by atoms with van der Waals surface area (Å²) >= 11 is 2.04. The van der Waals surface area contributed by atoms with Crippen molar-refractivity contribution in [3.8, 4) is 0 Å². The molecule has 110 valence electrons. The lowest BCUT2D eigenvalue weighted by atomic mass is 10.2. The molecule has 0 heterocycles. The van der Waals surface area contributed by atoms with Crippen LogP contribution in [0.1, 0.15) is 45.4 Å². The first-order chi connectivity index (χ1) is 8.74. The quantitative estimate of drug-likeness (QED) is 0.380. The van der Waals surface area contributed by atoms with E-state index >= 15 is 0 Å². The zero-order valence-electron chi connectivity index (χ0n) is 12.5. The van der Waals surface area contributed by atoms with E-state index in [-0.39, 0.29) is 0 Å². The molecule has 0 saturated carbocycles. The van der Waals surface area contributed by atoms with E-state index in [0.717, 1.165) is 12.5 Å². The van der Waals surface area contributed by atoms with E-state index in [2.05, 4.69) is 6.92 Å². The van der Waals surface area contributed by atoms with Gasteiger partial charge in [-0.2, -0.15) is 11.8 Å². The van der Waals surface area contributed by atoms with E-state index in [4.69, 9.17) is 13.3 Å². The minimum absolute atomic E-state index is 0.916. The Kier molecular flexibility index (Phi) is 12.8. The van der Waals surface area contributed by atoms with Crippen molar-refractivity contribution in [1.82, 2.24) is 0 Å². The molecule has 0 radical (unpaired) electrons. The largest absolute Gasteiger partial charge is 0.500 e. The average Bonchev–Trinajstić information content (AvgIpc) is 2.42. The molecule has 0 aromatic rings. The fraction of sp³-hybridized carbons (Fsp3) is 1.00. The van der Waals surface area contributed by atoms with Crippen LogP contribution in [0.25, 0.3) is 0 Å². The summed E-state index contributed by atoms with van der Waals surface area (Å²) in [6.45, 7) is 2.26. The summed E-state index contributed by atoms with van der Waals surface area (Å²) in [7, 11) is 2.73. The highest BCUT2D eigenvalue weighted by Gasteiger charge is 2.36. The van der Waals surface area contributed by atoms with Gasteiger partial charge in [-0.25, -0.2) is 0 Å². The molecule has 0 bridgehead atoms. The van der Waals surface area contributed by atoms with Gasteiger partial charge in [0.25, 0.3) is 0 Å². The van der Waals surface area contributed by atoms with Crippen molar-refractivity contribution < 1.29 is 13.3 Å². The first-order valence-corrected chi connectivity index (χ1v) is 10.1. The molecule has 5 heteroatoms. The van der Waals surface area contributed by atoms with Crippen molar-refractivity contribution in [2.45, 2.75) is 51.5 Å². The van der Waals surface area contributed by atoms with Crippen molar-refractivity contribution in [3.63, 3.8) is 0 Å². The minimum atomic E-state index is -2.32. The van der Waals surface area contributed by atoms with Gasteiger partial charge in [0.1, 0.15) is 0 Å². The summed E-state index contributed by atoms with van der Waals surface area (Å²) in [5.41, 5.74) is 0. The first kappa shape index (κ1) is 18.4. The Morgan fingerprint density at radius 1 is 0.778 bits per heavy atom. The van der Waals surface area contributed by atoms with Crippen LogP contribution in [0.3, 0.4) is 0 Å². The summed E-state index contributed by atoms with van der Waals surface area (Å²) in [6.07, 6.45) is 7.95. The molecule has 0 aliphatic carbocycles. The van der Waals surface area contributed by atoms with Crippen LogP contribution in [-0.4, -0.2) is 41.6 Å². The predicted molar refractivity (Wildman–Crippen MR) is 82.3 cm³/mol. The summed E-state index contributed by atoms with van der Waals surface area (Å²) in [6, 6.07) is 0.916. The molecule has 0 atom stereocenters. The van der Waals surface area contributed by atoms with E-state index in [1.54, 1.807) is 21.3 Å². The van der Waals surface area contributed by atoms with Gasteiger partial charge in [0, 0.05) is 27.4 Å². The van der Waals surface area contributed by atoms with Crippen molar-refractivity contribution in [2.24, 2.45) is 0 Å². The van der Waals surface area contributed by atoms with E-state index in [9.17, 15) is 0 Å². The van der Waals surface area contributed by atoms with E-state index in [0.29, 0.717) is 0 Å². The lowest BCUT2D eigenvalue weighted by Gasteiger charge is -2.24. The van der Waals surface area contributed by atoms with Crippen LogP contribution in [0.2, 0.25) is 6.04 Å². The zero-order valence-corrected chi connectivity index (χ0v) is 14.3. The zero-order chi connectivity index (χ0) is 13.7. The Hall–Kier alpha value is 0.447. The summed E-state index contributed by atoms with van der Waals surface area (Å²) in [5.74, 6) is 2.46. The number of hydrogen-bond acceptors (Lipinski definition) is 4. The van der Waals surface area contributed by atoms with Crippen LogP contribution in [0.15, 0.2) is 0 Å². The smallest absolute Gasteiger partial charge is 0.377 e. The number of rotatable bonds is 13. The fourth-order valence-corrected chi connectivity index (χ4v) is 4.80. The van der Waals surface area contributed by atoms with Gasteiger partial charge in [-0.15, -0.1) is 0 Å². The molecule has 0 amide bonds. The molecular weight excluding hydrogens is 264 g/mol. The van der Waals surface area contributed by atoms with Gasteiger partial charge in [-0.1, -0.05) is 32.6 Å². The minimum Gasteiger partial charge on any atom is -0.377 e. The summed E-state index contributed by atoms with van der Waals surface area (Å²) in [5, 5.41) is 0. The van der Waals surface area contributed by atoms with Gasteiger partial charge < -0.3 is 13.3 Å².